The van der Waals surface area contributed by atoms with E-state index in [9.17, 15) is 14.7 Å². The van der Waals surface area contributed by atoms with Crippen LogP contribution in [0.2, 0.25) is 0 Å². The Morgan fingerprint density at radius 2 is 1.38 bits per heavy atom. The molecule has 5 heteroatoms. The standard InChI is InChI=1S/C11H20O5/c1-6-11(14,15-9(12)7(2)3)16-10(13)8(4)5/h7-8,14H,6H2,1-5H3. The minimum absolute atomic E-state index is 0.0100. The van der Waals surface area contributed by atoms with Gasteiger partial charge in [0.2, 0.25) is 0 Å². The van der Waals surface area contributed by atoms with Crippen LogP contribution in [0.15, 0.2) is 0 Å². The summed E-state index contributed by atoms with van der Waals surface area (Å²) >= 11 is 0. The van der Waals surface area contributed by atoms with Gasteiger partial charge in [-0.2, -0.15) is 0 Å². The molecule has 5 nitrogen and oxygen atoms in total. The molecular weight excluding hydrogens is 212 g/mol. The first-order valence-corrected chi connectivity index (χ1v) is 5.40. The quantitative estimate of drug-likeness (QED) is 0.573. The van der Waals surface area contributed by atoms with Crippen LogP contribution in [-0.4, -0.2) is 23.0 Å². The maximum atomic E-state index is 11.3. The molecule has 0 heterocycles. The highest BCUT2D eigenvalue weighted by Gasteiger charge is 2.35. The largest absolute Gasteiger partial charge is 0.398 e. The third-order valence-corrected chi connectivity index (χ3v) is 1.91. The Labute approximate surface area is 95.7 Å². The van der Waals surface area contributed by atoms with Crippen LogP contribution < -0.4 is 0 Å². The highest BCUT2D eigenvalue weighted by atomic mass is 16.8. The van der Waals surface area contributed by atoms with Crippen LogP contribution in [0.1, 0.15) is 41.0 Å². The lowest BCUT2D eigenvalue weighted by atomic mass is 10.2. The minimum Gasteiger partial charge on any atom is -0.398 e. The Kier molecular flexibility index (Phi) is 5.44. The monoisotopic (exact) mass is 232 g/mol. The maximum Gasteiger partial charge on any atom is 0.372 e. The zero-order chi connectivity index (χ0) is 12.9. The van der Waals surface area contributed by atoms with Gasteiger partial charge in [-0.15, -0.1) is 0 Å². The normalized spacial score (nSPS) is 11.8. The van der Waals surface area contributed by atoms with Gasteiger partial charge in [0, 0.05) is 0 Å². The fourth-order valence-corrected chi connectivity index (χ4v) is 0.715. The second-order valence-corrected chi connectivity index (χ2v) is 4.22. The summed E-state index contributed by atoms with van der Waals surface area (Å²) in [7, 11) is 0. The zero-order valence-electron chi connectivity index (χ0n) is 10.4. The molecular formula is C11H20O5. The van der Waals surface area contributed by atoms with E-state index in [0.717, 1.165) is 0 Å². The summed E-state index contributed by atoms with van der Waals surface area (Å²) < 4.78 is 9.49. The molecule has 0 saturated carbocycles. The molecule has 16 heavy (non-hydrogen) atoms. The number of hydrogen-bond acceptors (Lipinski definition) is 5. The molecule has 0 aromatic rings. The van der Waals surface area contributed by atoms with Crippen LogP contribution in [0.25, 0.3) is 0 Å². The predicted octanol–water partition coefficient (Wildman–Crippen LogP) is 1.44. The highest BCUT2D eigenvalue weighted by Crippen LogP contribution is 2.18. The second kappa shape index (κ2) is 5.84. The molecule has 0 unspecified atom stereocenters. The Hall–Kier alpha value is -1.10. The Balaban J connectivity index is 4.54. The fraction of sp³-hybridized carbons (Fsp3) is 0.818. The number of rotatable bonds is 5. The Morgan fingerprint density at radius 3 is 1.56 bits per heavy atom. The number of esters is 2. The molecule has 0 aromatic heterocycles. The molecule has 0 bridgehead atoms. The summed E-state index contributed by atoms with van der Waals surface area (Å²) in [5, 5.41) is 9.77. The summed E-state index contributed by atoms with van der Waals surface area (Å²) in [6, 6.07) is 0. The lowest BCUT2D eigenvalue weighted by molar-refractivity contribution is -0.328. The smallest absolute Gasteiger partial charge is 0.372 e. The lowest BCUT2D eigenvalue weighted by Gasteiger charge is -2.27. The number of carbonyl (C=O) groups is 2. The first-order valence-electron chi connectivity index (χ1n) is 5.40. The maximum absolute atomic E-state index is 11.3. The van der Waals surface area contributed by atoms with Crippen molar-refractivity contribution in [2.75, 3.05) is 0 Å². The molecule has 0 spiro atoms. The fourth-order valence-electron chi connectivity index (χ4n) is 0.715. The third kappa shape index (κ3) is 4.61. The van der Waals surface area contributed by atoms with Crippen molar-refractivity contribution in [3.63, 3.8) is 0 Å². The number of carbonyl (C=O) groups excluding carboxylic acids is 2. The average molecular weight is 232 g/mol. The molecule has 1 N–H and O–H groups in total. The molecule has 94 valence electrons. The van der Waals surface area contributed by atoms with Gasteiger partial charge in [-0.25, -0.2) is 0 Å². The average Bonchev–Trinajstić information content (AvgIpc) is 2.17. The SMILES string of the molecule is CCC(O)(OC(=O)C(C)C)OC(=O)C(C)C. The van der Waals surface area contributed by atoms with Crippen molar-refractivity contribution < 1.29 is 24.2 Å². The van der Waals surface area contributed by atoms with Gasteiger partial charge in [0.05, 0.1) is 18.3 Å². The van der Waals surface area contributed by atoms with Crippen LogP contribution in [-0.2, 0) is 19.1 Å². The van der Waals surface area contributed by atoms with E-state index >= 15 is 0 Å². The molecule has 0 aliphatic carbocycles. The highest BCUT2D eigenvalue weighted by molar-refractivity contribution is 5.73. The van der Waals surface area contributed by atoms with Gasteiger partial charge in [-0.3, -0.25) is 9.59 Å². The van der Waals surface area contributed by atoms with E-state index in [4.69, 9.17) is 9.47 Å². The lowest BCUT2D eigenvalue weighted by Crippen LogP contribution is -2.41. The third-order valence-electron chi connectivity index (χ3n) is 1.91. The van der Waals surface area contributed by atoms with Crippen LogP contribution in [0.5, 0.6) is 0 Å². The van der Waals surface area contributed by atoms with Crippen molar-refractivity contribution in [1.29, 1.82) is 0 Å². The summed E-state index contributed by atoms with van der Waals surface area (Å²) in [6.45, 7) is 8.07. The van der Waals surface area contributed by atoms with Crippen molar-refractivity contribution in [3.05, 3.63) is 0 Å². The van der Waals surface area contributed by atoms with Crippen molar-refractivity contribution in [1.82, 2.24) is 0 Å². The number of aliphatic hydroxyl groups is 1. The van der Waals surface area contributed by atoms with E-state index in [1.165, 1.54) is 0 Å². The van der Waals surface area contributed by atoms with Crippen LogP contribution in [0.3, 0.4) is 0 Å². The molecule has 0 saturated heterocycles. The van der Waals surface area contributed by atoms with Crippen molar-refractivity contribution >= 4 is 11.9 Å². The molecule has 0 aliphatic rings. The van der Waals surface area contributed by atoms with Crippen molar-refractivity contribution in [2.45, 2.75) is 47.0 Å². The van der Waals surface area contributed by atoms with Crippen LogP contribution in [0.4, 0.5) is 0 Å². The van der Waals surface area contributed by atoms with Gasteiger partial charge in [0.25, 0.3) is 0 Å². The van der Waals surface area contributed by atoms with Gasteiger partial charge in [-0.1, -0.05) is 34.6 Å². The molecule has 0 rings (SSSR count). The molecule has 0 atom stereocenters. The number of hydrogen-bond donors (Lipinski definition) is 1. The van der Waals surface area contributed by atoms with Crippen LogP contribution >= 0.6 is 0 Å². The summed E-state index contributed by atoms with van der Waals surface area (Å²) in [6.07, 6.45) is -0.0100. The van der Waals surface area contributed by atoms with E-state index in [0.29, 0.717) is 0 Å². The van der Waals surface area contributed by atoms with E-state index in [1.807, 2.05) is 0 Å². The molecule has 0 amide bonds. The molecule has 0 aromatic carbocycles. The van der Waals surface area contributed by atoms with E-state index < -0.39 is 29.7 Å². The first-order chi connectivity index (χ1) is 7.22. The van der Waals surface area contributed by atoms with Gasteiger partial charge < -0.3 is 14.6 Å². The molecule has 0 fully saturated rings. The van der Waals surface area contributed by atoms with E-state index in [1.54, 1.807) is 34.6 Å². The zero-order valence-corrected chi connectivity index (χ0v) is 10.4. The van der Waals surface area contributed by atoms with Gasteiger partial charge >= 0.3 is 17.9 Å². The summed E-state index contributed by atoms with van der Waals surface area (Å²) in [4.78, 5) is 22.6. The van der Waals surface area contributed by atoms with Gasteiger partial charge in [0.1, 0.15) is 0 Å². The van der Waals surface area contributed by atoms with Crippen molar-refractivity contribution in [3.8, 4) is 0 Å². The molecule has 0 aliphatic heterocycles. The Bertz CT molecular complexity index is 235. The number of ether oxygens (including phenoxy) is 2. The summed E-state index contributed by atoms with van der Waals surface area (Å²) in [5.41, 5.74) is 0. The topological polar surface area (TPSA) is 72.8 Å². The van der Waals surface area contributed by atoms with Crippen LogP contribution in [0, 0.1) is 11.8 Å². The van der Waals surface area contributed by atoms with Gasteiger partial charge in [-0.05, 0) is 0 Å². The minimum atomic E-state index is -2.15. The van der Waals surface area contributed by atoms with E-state index in [-0.39, 0.29) is 6.42 Å². The predicted molar refractivity (Wildman–Crippen MR) is 57.1 cm³/mol. The Morgan fingerprint density at radius 1 is 1.06 bits per heavy atom. The van der Waals surface area contributed by atoms with Crippen molar-refractivity contribution in [2.24, 2.45) is 11.8 Å². The second-order valence-electron chi connectivity index (χ2n) is 4.22. The molecule has 0 radical (unpaired) electrons. The first kappa shape index (κ1) is 14.9. The summed E-state index contributed by atoms with van der Waals surface area (Å²) in [5.74, 6) is -4.16. The van der Waals surface area contributed by atoms with Gasteiger partial charge in [0.15, 0.2) is 0 Å². The van der Waals surface area contributed by atoms with E-state index in [2.05, 4.69) is 0 Å².